The fraction of sp³-hybridized carbons (Fsp3) is 0.316. The third-order valence-corrected chi connectivity index (χ3v) is 4.46. The molecule has 3 rings (SSSR count). The third-order valence-electron chi connectivity index (χ3n) is 4.46. The van der Waals surface area contributed by atoms with Gasteiger partial charge in [0.2, 0.25) is 0 Å². The van der Waals surface area contributed by atoms with Crippen molar-refractivity contribution in [2.75, 3.05) is 38.2 Å². The van der Waals surface area contributed by atoms with Crippen molar-refractivity contribution in [3.05, 3.63) is 59.7 Å². The number of nitrogens with zero attached hydrogens (tertiary/aromatic N) is 2. The number of benzene rings is 2. The number of para-hydroxylation sites is 2. The van der Waals surface area contributed by atoms with Crippen molar-refractivity contribution in [2.45, 2.75) is 6.18 Å². The number of rotatable bonds is 3. The Bertz CT molecular complexity index is 784. The van der Waals surface area contributed by atoms with Crippen LogP contribution in [0.25, 0.3) is 0 Å². The molecule has 2 aromatic carbocycles. The number of carbonyl (C=O) groups excluding carboxylic acids is 1. The standard InChI is InChI=1S/C19H19F3N2O2/c1-26-17-9-5-4-8-16(17)23-10-12-24(13-11-23)18(25)14-6-2-3-7-15(14)19(20,21)22/h2-9H,10-13H2,1H3. The van der Waals surface area contributed by atoms with E-state index in [9.17, 15) is 18.0 Å². The number of halogens is 3. The van der Waals surface area contributed by atoms with Crippen LogP contribution < -0.4 is 9.64 Å². The lowest BCUT2D eigenvalue weighted by Gasteiger charge is -2.37. The van der Waals surface area contributed by atoms with Gasteiger partial charge < -0.3 is 14.5 Å². The molecule has 0 spiro atoms. The van der Waals surface area contributed by atoms with Crippen LogP contribution in [0, 0.1) is 0 Å². The Morgan fingerprint density at radius 3 is 2.23 bits per heavy atom. The Hall–Kier alpha value is -2.70. The summed E-state index contributed by atoms with van der Waals surface area (Å²) in [6.45, 7) is 1.76. The minimum absolute atomic E-state index is 0.300. The maximum Gasteiger partial charge on any atom is 0.417 e. The van der Waals surface area contributed by atoms with E-state index in [4.69, 9.17) is 4.74 Å². The smallest absolute Gasteiger partial charge is 0.417 e. The monoisotopic (exact) mass is 364 g/mol. The van der Waals surface area contributed by atoms with E-state index in [1.807, 2.05) is 24.3 Å². The summed E-state index contributed by atoms with van der Waals surface area (Å²) in [6.07, 6.45) is -4.55. The maximum atomic E-state index is 13.1. The molecule has 26 heavy (non-hydrogen) atoms. The first-order valence-electron chi connectivity index (χ1n) is 8.25. The Balaban J connectivity index is 1.74. The number of anilines is 1. The van der Waals surface area contributed by atoms with E-state index in [0.717, 1.165) is 17.5 Å². The Morgan fingerprint density at radius 1 is 0.962 bits per heavy atom. The molecule has 2 aromatic rings. The van der Waals surface area contributed by atoms with Crippen LogP contribution in [0.1, 0.15) is 15.9 Å². The number of carbonyl (C=O) groups is 1. The zero-order valence-electron chi connectivity index (χ0n) is 14.3. The molecule has 0 radical (unpaired) electrons. The molecule has 0 atom stereocenters. The van der Waals surface area contributed by atoms with Crippen molar-refractivity contribution < 1.29 is 22.7 Å². The van der Waals surface area contributed by atoms with Gasteiger partial charge >= 0.3 is 6.18 Å². The molecule has 0 aliphatic carbocycles. The van der Waals surface area contributed by atoms with Crippen LogP contribution >= 0.6 is 0 Å². The molecule has 0 saturated carbocycles. The van der Waals surface area contributed by atoms with Crippen LogP contribution in [0.4, 0.5) is 18.9 Å². The minimum Gasteiger partial charge on any atom is -0.495 e. The molecular formula is C19H19F3N2O2. The number of hydrogen-bond acceptors (Lipinski definition) is 3. The fourth-order valence-electron chi connectivity index (χ4n) is 3.13. The van der Waals surface area contributed by atoms with Crippen molar-refractivity contribution in [1.82, 2.24) is 4.90 Å². The second kappa shape index (κ2) is 7.27. The maximum absolute atomic E-state index is 13.1. The van der Waals surface area contributed by atoms with Gasteiger partial charge in [0.15, 0.2) is 0 Å². The van der Waals surface area contributed by atoms with E-state index < -0.39 is 17.6 Å². The summed E-state index contributed by atoms with van der Waals surface area (Å²) in [5.41, 5.74) is -0.277. The molecule has 0 bridgehead atoms. The van der Waals surface area contributed by atoms with Crippen molar-refractivity contribution in [3.8, 4) is 5.75 Å². The SMILES string of the molecule is COc1ccccc1N1CCN(C(=O)c2ccccc2C(F)(F)F)CC1. The van der Waals surface area contributed by atoms with Crippen molar-refractivity contribution in [3.63, 3.8) is 0 Å². The molecule has 1 aliphatic rings. The van der Waals surface area contributed by atoms with Crippen LogP contribution in [0.3, 0.4) is 0 Å². The molecule has 1 aliphatic heterocycles. The number of methoxy groups -OCH3 is 1. The average molecular weight is 364 g/mol. The van der Waals surface area contributed by atoms with Gasteiger partial charge in [0.05, 0.1) is 23.9 Å². The lowest BCUT2D eigenvalue weighted by molar-refractivity contribution is -0.138. The highest BCUT2D eigenvalue weighted by Gasteiger charge is 2.36. The highest BCUT2D eigenvalue weighted by molar-refractivity contribution is 5.96. The predicted octanol–water partition coefficient (Wildman–Crippen LogP) is 3.68. The van der Waals surface area contributed by atoms with Gasteiger partial charge in [0.25, 0.3) is 5.91 Å². The zero-order chi connectivity index (χ0) is 18.7. The first-order valence-corrected chi connectivity index (χ1v) is 8.25. The lowest BCUT2D eigenvalue weighted by atomic mass is 10.1. The number of hydrogen-bond donors (Lipinski definition) is 0. The van der Waals surface area contributed by atoms with Crippen LogP contribution in [-0.4, -0.2) is 44.1 Å². The number of amides is 1. The predicted molar refractivity (Wildman–Crippen MR) is 92.6 cm³/mol. The van der Waals surface area contributed by atoms with E-state index in [0.29, 0.717) is 26.2 Å². The molecule has 0 unspecified atom stereocenters. The number of ether oxygens (including phenoxy) is 1. The van der Waals surface area contributed by atoms with Crippen LogP contribution in [-0.2, 0) is 6.18 Å². The van der Waals surface area contributed by atoms with Gasteiger partial charge in [0.1, 0.15) is 5.75 Å². The Kier molecular flexibility index (Phi) is 5.06. The molecule has 1 saturated heterocycles. The molecule has 4 nitrogen and oxygen atoms in total. The molecule has 1 fully saturated rings. The van der Waals surface area contributed by atoms with Crippen LogP contribution in [0.2, 0.25) is 0 Å². The fourth-order valence-corrected chi connectivity index (χ4v) is 3.13. The van der Waals surface area contributed by atoms with E-state index in [1.54, 1.807) is 7.11 Å². The Morgan fingerprint density at radius 2 is 1.58 bits per heavy atom. The molecular weight excluding hydrogens is 345 g/mol. The summed E-state index contributed by atoms with van der Waals surface area (Å²) >= 11 is 0. The quantitative estimate of drug-likeness (QED) is 0.833. The van der Waals surface area contributed by atoms with Gasteiger partial charge in [-0.15, -0.1) is 0 Å². The van der Waals surface area contributed by atoms with Gasteiger partial charge in [0, 0.05) is 26.2 Å². The van der Waals surface area contributed by atoms with Crippen LogP contribution in [0.15, 0.2) is 48.5 Å². The molecule has 0 N–H and O–H groups in total. The summed E-state index contributed by atoms with van der Waals surface area (Å²) < 4.78 is 44.8. The summed E-state index contributed by atoms with van der Waals surface area (Å²) in [7, 11) is 1.59. The first kappa shape index (κ1) is 18.1. The molecule has 1 amide bonds. The number of alkyl halides is 3. The third kappa shape index (κ3) is 3.61. The number of piperazine rings is 1. The van der Waals surface area contributed by atoms with Gasteiger partial charge in [-0.2, -0.15) is 13.2 Å². The average Bonchev–Trinajstić information content (AvgIpc) is 2.67. The van der Waals surface area contributed by atoms with Crippen molar-refractivity contribution >= 4 is 11.6 Å². The highest BCUT2D eigenvalue weighted by atomic mass is 19.4. The summed E-state index contributed by atoms with van der Waals surface area (Å²) in [5.74, 6) is 0.146. The van der Waals surface area contributed by atoms with Gasteiger partial charge in [-0.1, -0.05) is 24.3 Å². The molecule has 138 valence electrons. The Labute approximate surface area is 149 Å². The molecule has 1 heterocycles. The summed E-state index contributed by atoms with van der Waals surface area (Å²) in [5, 5.41) is 0. The normalized spacial score (nSPS) is 15.1. The van der Waals surface area contributed by atoms with E-state index in [-0.39, 0.29) is 5.56 Å². The topological polar surface area (TPSA) is 32.8 Å². The van der Waals surface area contributed by atoms with E-state index >= 15 is 0 Å². The second-order valence-corrected chi connectivity index (χ2v) is 5.99. The first-order chi connectivity index (χ1) is 12.4. The molecule has 7 heteroatoms. The zero-order valence-corrected chi connectivity index (χ0v) is 14.3. The van der Waals surface area contributed by atoms with Gasteiger partial charge in [-0.3, -0.25) is 4.79 Å². The molecule has 0 aromatic heterocycles. The second-order valence-electron chi connectivity index (χ2n) is 5.99. The van der Waals surface area contributed by atoms with E-state index in [1.165, 1.54) is 23.1 Å². The van der Waals surface area contributed by atoms with Gasteiger partial charge in [-0.25, -0.2) is 0 Å². The van der Waals surface area contributed by atoms with Gasteiger partial charge in [-0.05, 0) is 24.3 Å². The van der Waals surface area contributed by atoms with Crippen LogP contribution in [0.5, 0.6) is 5.75 Å². The summed E-state index contributed by atoms with van der Waals surface area (Å²) in [6, 6.07) is 12.5. The summed E-state index contributed by atoms with van der Waals surface area (Å²) in [4.78, 5) is 16.2. The lowest BCUT2D eigenvalue weighted by Crippen LogP contribution is -2.49. The van der Waals surface area contributed by atoms with Crippen molar-refractivity contribution in [1.29, 1.82) is 0 Å². The minimum atomic E-state index is -4.55. The largest absolute Gasteiger partial charge is 0.495 e. The highest BCUT2D eigenvalue weighted by Crippen LogP contribution is 2.33. The van der Waals surface area contributed by atoms with Crippen molar-refractivity contribution in [2.24, 2.45) is 0 Å². The van der Waals surface area contributed by atoms with E-state index in [2.05, 4.69) is 4.90 Å².